The van der Waals surface area contributed by atoms with Crippen LogP contribution in [0.2, 0.25) is 0 Å². The number of hydrogen-bond acceptors (Lipinski definition) is 4. The van der Waals surface area contributed by atoms with Gasteiger partial charge in [-0.05, 0) is 47.3 Å². The van der Waals surface area contributed by atoms with Crippen molar-refractivity contribution < 1.29 is 19.4 Å². The van der Waals surface area contributed by atoms with Gasteiger partial charge in [0, 0.05) is 12.1 Å². The van der Waals surface area contributed by atoms with Gasteiger partial charge in [0.15, 0.2) is 0 Å². The fourth-order valence-electron chi connectivity index (χ4n) is 2.43. The minimum Gasteiger partial charge on any atom is -0.479 e. The zero-order valence-corrected chi connectivity index (χ0v) is 13.5. The van der Waals surface area contributed by atoms with Gasteiger partial charge in [0.05, 0.1) is 7.11 Å². The standard InChI is InChI=1S/C13H17BrN4O4/c1-22-11-9(4-5-10(14)18-11)17-12(19)15-7-2-3-8(6-7)16-13(20)21/h4-5,7-8,16H,2-3,6H2,1H3,(H,20,21)(H2,15,17,19)/t7-,8+/m0/s1. The lowest BCUT2D eigenvalue weighted by Gasteiger charge is -2.15. The smallest absolute Gasteiger partial charge is 0.404 e. The second-order valence-electron chi connectivity index (χ2n) is 4.95. The van der Waals surface area contributed by atoms with Gasteiger partial charge < -0.3 is 25.8 Å². The van der Waals surface area contributed by atoms with E-state index in [1.807, 2.05) is 0 Å². The average molecular weight is 373 g/mol. The molecule has 22 heavy (non-hydrogen) atoms. The molecule has 1 heterocycles. The number of methoxy groups -OCH3 is 1. The van der Waals surface area contributed by atoms with Crippen LogP contribution in [0.25, 0.3) is 0 Å². The number of hydrogen-bond donors (Lipinski definition) is 4. The predicted molar refractivity (Wildman–Crippen MR) is 83.2 cm³/mol. The summed E-state index contributed by atoms with van der Waals surface area (Å²) >= 11 is 3.23. The first-order chi connectivity index (χ1) is 10.5. The Bertz CT molecular complexity index is 569. The Balaban J connectivity index is 1.87. The van der Waals surface area contributed by atoms with Gasteiger partial charge in [-0.25, -0.2) is 14.6 Å². The van der Waals surface area contributed by atoms with E-state index in [9.17, 15) is 9.59 Å². The summed E-state index contributed by atoms with van der Waals surface area (Å²) in [4.78, 5) is 26.7. The number of anilines is 1. The summed E-state index contributed by atoms with van der Waals surface area (Å²) in [5.41, 5.74) is 0.460. The Morgan fingerprint density at radius 1 is 1.32 bits per heavy atom. The van der Waals surface area contributed by atoms with Crippen molar-refractivity contribution in [3.8, 4) is 5.88 Å². The Morgan fingerprint density at radius 2 is 2.00 bits per heavy atom. The molecule has 0 aliphatic heterocycles. The molecule has 0 unspecified atom stereocenters. The molecule has 1 aliphatic rings. The number of ether oxygens (including phenoxy) is 1. The van der Waals surface area contributed by atoms with E-state index in [2.05, 4.69) is 36.9 Å². The molecule has 4 N–H and O–H groups in total. The molecule has 1 fully saturated rings. The molecule has 1 aromatic rings. The van der Waals surface area contributed by atoms with Gasteiger partial charge in [-0.15, -0.1) is 0 Å². The third kappa shape index (κ3) is 4.48. The topological polar surface area (TPSA) is 113 Å². The number of nitrogens with zero attached hydrogens (tertiary/aromatic N) is 1. The zero-order chi connectivity index (χ0) is 16.1. The van der Waals surface area contributed by atoms with Crippen molar-refractivity contribution in [1.82, 2.24) is 15.6 Å². The number of carbonyl (C=O) groups is 2. The number of rotatable bonds is 4. The molecule has 1 aliphatic carbocycles. The summed E-state index contributed by atoms with van der Waals surface area (Å²) in [6.07, 6.45) is 0.977. The summed E-state index contributed by atoms with van der Waals surface area (Å²) < 4.78 is 5.70. The third-order valence-corrected chi connectivity index (χ3v) is 3.80. The lowest BCUT2D eigenvalue weighted by molar-refractivity contribution is 0.190. The van der Waals surface area contributed by atoms with E-state index < -0.39 is 6.09 Å². The number of carboxylic acid groups (broad SMARTS) is 1. The summed E-state index contributed by atoms with van der Waals surface area (Å²) in [6.45, 7) is 0. The van der Waals surface area contributed by atoms with E-state index in [0.717, 1.165) is 6.42 Å². The maximum absolute atomic E-state index is 12.0. The molecule has 9 heteroatoms. The van der Waals surface area contributed by atoms with Gasteiger partial charge in [-0.3, -0.25) is 0 Å². The minimum atomic E-state index is -1.04. The molecular weight excluding hydrogens is 356 g/mol. The maximum atomic E-state index is 12.0. The molecule has 1 saturated carbocycles. The lowest BCUT2D eigenvalue weighted by Crippen LogP contribution is -2.38. The van der Waals surface area contributed by atoms with Crippen LogP contribution in [0.15, 0.2) is 16.7 Å². The Labute approximate surface area is 135 Å². The molecule has 2 atom stereocenters. The van der Waals surface area contributed by atoms with Crippen molar-refractivity contribution in [3.63, 3.8) is 0 Å². The van der Waals surface area contributed by atoms with E-state index in [1.165, 1.54) is 7.11 Å². The Hall–Kier alpha value is -2.03. The highest BCUT2D eigenvalue weighted by atomic mass is 79.9. The number of amides is 3. The van der Waals surface area contributed by atoms with Gasteiger partial charge in [-0.2, -0.15) is 0 Å². The number of urea groups is 1. The fraction of sp³-hybridized carbons (Fsp3) is 0.462. The summed E-state index contributed by atoms with van der Waals surface area (Å²) in [6, 6.07) is 2.82. The second-order valence-corrected chi connectivity index (χ2v) is 5.76. The van der Waals surface area contributed by atoms with Crippen LogP contribution in [0.1, 0.15) is 19.3 Å². The normalized spacial score (nSPS) is 20.3. The van der Waals surface area contributed by atoms with Crippen molar-refractivity contribution in [2.45, 2.75) is 31.3 Å². The van der Waals surface area contributed by atoms with Crippen LogP contribution in [0.5, 0.6) is 5.88 Å². The largest absolute Gasteiger partial charge is 0.479 e. The van der Waals surface area contributed by atoms with Crippen LogP contribution >= 0.6 is 15.9 Å². The molecule has 0 saturated heterocycles. The van der Waals surface area contributed by atoms with Crippen molar-refractivity contribution >= 4 is 33.7 Å². The quantitative estimate of drug-likeness (QED) is 0.605. The first-order valence-corrected chi connectivity index (χ1v) is 7.54. The summed E-state index contributed by atoms with van der Waals surface area (Å²) in [7, 11) is 1.47. The predicted octanol–water partition coefficient (Wildman–Crippen LogP) is 2.16. The van der Waals surface area contributed by atoms with Crippen LogP contribution in [-0.2, 0) is 0 Å². The molecule has 8 nitrogen and oxygen atoms in total. The molecule has 2 rings (SSSR count). The zero-order valence-electron chi connectivity index (χ0n) is 11.9. The molecule has 0 spiro atoms. The van der Waals surface area contributed by atoms with Gasteiger partial charge in [-0.1, -0.05) is 0 Å². The molecule has 120 valence electrons. The van der Waals surface area contributed by atoms with Gasteiger partial charge in [0.2, 0.25) is 5.88 Å². The molecule has 3 amide bonds. The van der Waals surface area contributed by atoms with E-state index in [-0.39, 0.29) is 18.1 Å². The number of aromatic nitrogens is 1. The van der Waals surface area contributed by atoms with Crippen molar-refractivity contribution in [3.05, 3.63) is 16.7 Å². The molecule has 0 aromatic carbocycles. The van der Waals surface area contributed by atoms with Crippen LogP contribution in [0.3, 0.4) is 0 Å². The van der Waals surface area contributed by atoms with E-state index in [4.69, 9.17) is 9.84 Å². The molecule has 1 aromatic heterocycles. The molecule has 0 bridgehead atoms. The van der Waals surface area contributed by atoms with Gasteiger partial charge in [0.1, 0.15) is 10.3 Å². The SMILES string of the molecule is COc1nc(Br)ccc1NC(=O)N[C@H]1CC[C@@H](NC(=O)O)C1. The third-order valence-electron chi connectivity index (χ3n) is 3.36. The first kappa shape index (κ1) is 16.3. The van der Waals surface area contributed by atoms with Crippen LogP contribution in [0.4, 0.5) is 15.3 Å². The fourth-order valence-corrected chi connectivity index (χ4v) is 2.72. The Kier molecular flexibility index (Phi) is 5.42. The van der Waals surface area contributed by atoms with Crippen LogP contribution in [-0.4, -0.2) is 41.4 Å². The number of carbonyl (C=O) groups excluding carboxylic acids is 1. The summed E-state index contributed by atoms with van der Waals surface area (Å²) in [5, 5.41) is 16.6. The summed E-state index contributed by atoms with van der Waals surface area (Å²) in [5.74, 6) is 0.307. The maximum Gasteiger partial charge on any atom is 0.404 e. The number of pyridine rings is 1. The average Bonchev–Trinajstić information content (AvgIpc) is 2.86. The minimum absolute atomic E-state index is 0.0637. The van der Waals surface area contributed by atoms with E-state index in [1.54, 1.807) is 12.1 Å². The van der Waals surface area contributed by atoms with Crippen molar-refractivity contribution in [2.75, 3.05) is 12.4 Å². The van der Waals surface area contributed by atoms with Crippen LogP contribution in [0, 0.1) is 0 Å². The molecule has 0 radical (unpaired) electrons. The Morgan fingerprint density at radius 3 is 2.64 bits per heavy atom. The van der Waals surface area contributed by atoms with Crippen LogP contribution < -0.4 is 20.7 Å². The number of nitrogens with one attached hydrogen (secondary N) is 3. The highest BCUT2D eigenvalue weighted by Gasteiger charge is 2.27. The van der Waals surface area contributed by atoms with Crippen molar-refractivity contribution in [2.24, 2.45) is 0 Å². The van der Waals surface area contributed by atoms with Crippen molar-refractivity contribution in [1.29, 1.82) is 0 Å². The van der Waals surface area contributed by atoms with E-state index in [0.29, 0.717) is 29.0 Å². The first-order valence-electron chi connectivity index (χ1n) is 6.75. The second kappa shape index (κ2) is 7.30. The highest BCUT2D eigenvalue weighted by molar-refractivity contribution is 9.10. The lowest BCUT2D eigenvalue weighted by atomic mass is 10.2. The van der Waals surface area contributed by atoms with Gasteiger partial charge >= 0.3 is 12.1 Å². The van der Waals surface area contributed by atoms with Gasteiger partial charge in [0.25, 0.3) is 0 Å². The number of halogens is 1. The highest BCUT2D eigenvalue weighted by Crippen LogP contribution is 2.24. The monoisotopic (exact) mass is 372 g/mol. The molecular formula is C13H17BrN4O4. The van der Waals surface area contributed by atoms with E-state index >= 15 is 0 Å².